The molecule has 1 aliphatic rings. The molecule has 0 spiro atoms. The molecule has 0 bridgehead atoms. The highest BCUT2D eigenvalue weighted by atomic mass is 16.3. The van der Waals surface area contributed by atoms with Crippen LogP contribution in [0, 0.1) is 0 Å². The molecule has 0 aliphatic carbocycles. The molecule has 88 valence electrons. The van der Waals surface area contributed by atoms with Gasteiger partial charge in [-0.1, -0.05) is 25.1 Å². The molecule has 1 aromatic rings. The zero-order valence-corrected chi connectivity index (χ0v) is 9.87. The summed E-state index contributed by atoms with van der Waals surface area (Å²) in [6, 6.07) is 6.51. The summed E-state index contributed by atoms with van der Waals surface area (Å²) in [7, 11) is 0. The van der Waals surface area contributed by atoms with Crippen LogP contribution >= 0.6 is 0 Å². The third kappa shape index (κ3) is 2.36. The van der Waals surface area contributed by atoms with Gasteiger partial charge in [0.25, 0.3) is 0 Å². The van der Waals surface area contributed by atoms with Gasteiger partial charge in [-0.15, -0.1) is 0 Å². The average molecular weight is 220 g/mol. The number of likely N-dealkylation sites (N-methyl/N-ethyl adjacent to an activating group) is 1. The zero-order chi connectivity index (χ0) is 11.4. The largest absolute Gasteiger partial charge is 0.395 e. The summed E-state index contributed by atoms with van der Waals surface area (Å²) in [5, 5.41) is 12.4. The number of benzene rings is 1. The van der Waals surface area contributed by atoms with Crippen LogP contribution in [0.25, 0.3) is 0 Å². The van der Waals surface area contributed by atoms with Gasteiger partial charge in [-0.3, -0.25) is 4.90 Å². The fourth-order valence-electron chi connectivity index (χ4n) is 2.27. The van der Waals surface area contributed by atoms with E-state index in [0.717, 1.165) is 32.6 Å². The van der Waals surface area contributed by atoms with Crippen molar-refractivity contribution in [1.29, 1.82) is 0 Å². The van der Waals surface area contributed by atoms with Crippen molar-refractivity contribution in [3.8, 4) is 0 Å². The molecular formula is C13H20N2O. The Morgan fingerprint density at radius 1 is 1.44 bits per heavy atom. The van der Waals surface area contributed by atoms with E-state index in [1.165, 1.54) is 16.8 Å². The van der Waals surface area contributed by atoms with Crippen LogP contribution in [0.15, 0.2) is 18.2 Å². The molecule has 1 heterocycles. The van der Waals surface area contributed by atoms with Gasteiger partial charge in [-0.05, 0) is 24.1 Å². The molecule has 0 fully saturated rings. The first-order chi connectivity index (χ1) is 7.85. The number of rotatable bonds is 5. The Balaban J connectivity index is 2.12. The van der Waals surface area contributed by atoms with Crippen molar-refractivity contribution in [3.63, 3.8) is 0 Å². The highest BCUT2D eigenvalue weighted by molar-refractivity contribution is 5.61. The average Bonchev–Trinajstić information content (AvgIpc) is 2.77. The maximum Gasteiger partial charge on any atom is 0.0558 e. The van der Waals surface area contributed by atoms with Gasteiger partial charge in [0.15, 0.2) is 0 Å². The van der Waals surface area contributed by atoms with E-state index in [2.05, 4.69) is 35.3 Å². The monoisotopic (exact) mass is 220 g/mol. The molecule has 0 aromatic heterocycles. The maximum atomic E-state index is 8.98. The van der Waals surface area contributed by atoms with Gasteiger partial charge in [0.2, 0.25) is 0 Å². The number of aliphatic hydroxyl groups excluding tert-OH is 1. The van der Waals surface area contributed by atoms with Crippen molar-refractivity contribution in [2.75, 3.05) is 31.6 Å². The Bertz CT molecular complexity index is 352. The van der Waals surface area contributed by atoms with E-state index >= 15 is 0 Å². The highest BCUT2D eigenvalue weighted by Gasteiger charge is 2.14. The molecule has 1 aliphatic heterocycles. The van der Waals surface area contributed by atoms with Crippen molar-refractivity contribution < 1.29 is 5.11 Å². The second-order valence-electron chi connectivity index (χ2n) is 4.22. The normalized spacial score (nSPS) is 13.9. The number of nitrogens with one attached hydrogen (secondary N) is 1. The number of aliphatic hydroxyl groups is 1. The van der Waals surface area contributed by atoms with E-state index in [-0.39, 0.29) is 6.61 Å². The Morgan fingerprint density at radius 2 is 2.31 bits per heavy atom. The van der Waals surface area contributed by atoms with Gasteiger partial charge in [0.05, 0.1) is 6.61 Å². The van der Waals surface area contributed by atoms with E-state index in [1.807, 2.05) is 0 Å². The predicted octanol–water partition coefficient (Wildman–Crippen LogP) is 1.47. The standard InChI is InChI=1S/C13H20N2O/c1-2-15(8-9-16)10-12-5-3-4-11-6-7-14-13(11)12/h3-5,14,16H,2,6-10H2,1H3. The van der Waals surface area contributed by atoms with Gasteiger partial charge >= 0.3 is 0 Å². The smallest absolute Gasteiger partial charge is 0.0558 e. The van der Waals surface area contributed by atoms with Gasteiger partial charge in [0, 0.05) is 25.3 Å². The first kappa shape index (κ1) is 11.4. The van der Waals surface area contributed by atoms with Crippen LogP contribution < -0.4 is 5.32 Å². The lowest BCUT2D eigenvalue weighted by molar-refractivity contribution is 0.197. The third-order valence-corrected chi connectivity index (χ3v) is 3.19. The van der Waals surface area contributed by atoms with E-state index in [1.54, 1.807) is 0 Å². The van der Waals surface area contributed by atoms with E-state index in [0.29, 0.717) is 0 Å². The maximum absolute atomic E-state index is 8.98. The van der Waals surface area contributed by atoms with Crippen LogP contribution in [-0.2, 0) is 13.0 Å². The lowest BCUT2D eigenvalue weighted by atomic mass is 10.1. The van der Waals surface area contributed by atoms with Crippen LogP contribution in [0.4, 0.5) is 5.69 Å². The van der Waals surface area contributed by atoms with E-state index < -0.39 is 0 Å². The molecule has 3 heteroatoms. The van der Waals surface area contributed by atoms with Crippen LogP contribution in [0.3, 0.4) is 0 Å². The molecule has 0 unspecified atom stereocenters. The minimum Gasteiger partial charge on any atom is -0.395 e. The zero-order valence-electron chi connectivity index (χ0n) is 9.87. The Hall–Kier alpha value is -1.06. The first-order valence-electron chi connectivity index (χ1n) is 6.03. The fourth-order valence-corrected chi connectivity index (χ4v) is 2.27. The molecule has 16 heavy (non-hydrogen) atoms. The topological polar surface area (TPSA) is 35.5 Å². The summed E-state index contributed by atoms with van der Waals surface area (Å²) in [6.45, 7) is 6.07. The quantitative estimate of drug-likeness (QED) is 0.789. The third-order valence-electron chi connectivity index (χ3n) is 3.19. The summed E-state index contributed by atoms with van der Waals surface area (Å²) >= 11 is 0. The van der Waals surface area contributed by atoms with Gasteiger partial charge in [-0.25, -0.2) is 0 Å². The van der Waals surface area contributed by atoms with Crippen LogP contribution in [-0.4, -0.2) is 36.2 Å². The van der Waals surface area contributed by atoms with Crippen molar-refractivity contribution in [1.82, 2.24) is 4.90 Å². The lowest BCUT2D eigenvalue weighted by Gasteiger charge is -2.20. The molecule has 0 radical (unpaired) electrons. The summed E-state index contributed by atoms with van der Waals surface area (Å²) in [5.41, 5.74) is 4.10. The van der Waals surface area contributed by atoms with Gasteiger partial charge < -0.3 is 10.4 Å². The Labute approximate surface area is 97.1 Å². The molecule has 2 N–H and O–H groups in total. The fraction of sp³-hybridized carbons (Fsp3) is 0.538. The molecule has 2 rings (SSSR count). The van der Waals surface area contributed by atoms with Crippen molar-refractivity contribution in [3.05, 3.63) is 29.3 Å². The molecule has 0 amide bonds. The molecule has 0 saturated carbocycles. The summed E-state index contributed by atoms with van der Waals surface area (Å²) in [4.78, 5) is 2.26. The van der Waals surface area contributed by atoms with E-state index in [9.17, 15) is 0 Å². The van der Waals surface area contributed by atoms with E-state index in [4.69, 9.17) is 5.11 Å². The number of para-hydroxylation sites is 1. The summed E-state index contributed by atoms with van der Waals surface area (Å²) in [6.07, 6.45) is 1.13. The number of hydrogen-bond donors (Lipinski definition) is 2. The number of nitrogens with zero attached hydrogens (tertiary/aromatic N) is 1. The summed E-state index contributed by atoms with van der Waals surface area (Å²) in [5.74, 6) is 0. The van der Waals surface area contributed by atoms with Crippen molar-refractivity contribution in [2.45, 2.75) is 19.9 Å². The second-order valence-corrected chi connectivity index (χ2v) is 4.22. The molecule has 0 atom stereocenters. The Morgan fingerprint density at radius 3 is 3.06 bits per heavy atom. The number of anilines is 1. The first-order valence-corrected chi connectivity index (χ1v) is 6.03. The predicted molar refractivity (Wildman–Crippen MR) is 66.7 cm³/mol. The highest BCUT2D eigenvalue weighted by Crippen LogP contribution is 2.27. The number of fused-ring (bicyclic) bond motifs is 1. The minimum atomic E-state index is 0.232. The molecule has 1 aromatic carbocycles. The van der Waals surface area contributed by atoms with Crippen molar-refractivity contribution in [2.24, 2.45) is 0 Å². The van der Waals surface area contributed by atoms with Crippen LogP contribution in [0.1, 0.15) is 18.1 Å². The summed E-state index contributed by atoms with van der Waals surface area (Å²) < 4.78 is 0. The van der Waals surface area contributed by atoms with Crippen LogP contribution in [0.2, 0.25) is 0 Å². The minimum absolute atomic E-state index is 0.232. The number of hydrogen-bond acceptors (Lipinski definition) is 3. The second kappa shape index (κ2) is 5.32. The van der Waals surface area contributed by atoms with Crippen molar-refractivity contribution >= 4 is 5.69 Å². The molecule has 3 nitrogen and oxygen atoms in total. The van der Waals surface area contributed by atoms with Gasteiger partial charge in [0.1, 0.15) is 0 Å². The Kier molecular flexibility index (Phi) is 3.80. The molecular weight excluding hydrogens is 200 g/mol. The SMILES string of the molecule is CCN(CCO)Cc1cccc2c1NCC2. The van der Waals surface area contributed by atoms with Crippen LogP contribution in [0.5, 0.6) is 0 Å². The van der Waals surface area contributed by atoms with Gasteiger partial charge in [-0.2, -0.15) is 0 Å². The molecule has 0 saturated heterocycles. The lowest BCUT2D eigenvalue weighted by Crippen LogP contribution is -2.26.